The number of benzene rings is 2. The number of fused-ring (bicyclic) bond motifs is 4. The van der Waals surface area contributed by atoms with Crippen LogP contribution in [0.1, 0.15) is 34.7 Å². The predicted molar refractivity (Wildman–Crippen MR) is 152 cm³/mol. The van der Waals surface area contributed by atoms with Gasteiger partial charge in [-0.2, -0.15) is 0 Å². The highest BCUT2D eigenvalue weighted by atomic mass is 79.9. The van der Waals surface area contributed by atoms with Crippen molar-refractivity contribution in [2.75, 3.05) is 10.4 Å². The van der Waals surface area contributed by atoms with E-state index >= 15 is 0 Å². The molecule has 2 heterocycles. The van der Waals surface area contributed by atoms with E-state index in [2.05, 4.69) is 15.9 Å². The first kappa shape index (κ1) is 28.2. The van der Waals surface area contributed by atoms with Gasteiger partial charge in [-0.3, -0.25) is 29.0 Å². The highest BCUT2D eigenvalue weighted by Crippen LogP contribution is 2.66. The molecule has 2 aliphatic heterocycles. The number of aromatic carboxylic acids is 1. The van der Waals surface area contributed by atoms with Crippen LogP contribution in [0.4, 0.5) is 5.69 Å². The number of phenols is 1. The molecular formula is C28H20BrCl3N2O7. The Labute approximate surface area is 256 Å². The third-order valence-electron chi connectivity index (χ3n) is 8.67. The number of imide groups is 2. The molecule has 41 heavy (non-hydrogen) atoms. The van der Waals surface area contributed by atoms with Crippen LogP contribution in [0.5, 0.6) is 5.75 Å². The molecule has 0 bridgehead atoms. The number of hydrogen-bond donors (Lipinski definition) is 2. The Morgan fingerprint density at radius 2 is 1.76 bits per heavy atom. The van der Waals surface area contributed by atoms with Gasteiger partial charge in [-0.25, -0.2) is 4.79 Å². The molecule has 4 aliphatic rings. The van der Waals surface area contributed by atoms with Crippen LogP contribution in [0.3, 0.4) is 0 Å². The summed E-state index contributed by atoms with van der Waals surface area (Å²) in [6, 6.07) is 9.75. The average Bonchev–Trinajstić information content (AvgIpc) is 3.28. The van der Waals surface area contributed by atoms with Crippen LogP contribution in [-0.4, -0.2) is 59.9 Å². The van der Waals surface area contributed by atoms with Crippen molar-refractivity contribution in [2.24, 2.45) is 17.8 Å². The van der Waals surface area contributed by atoms with Crippen molar-refractivity contribution in [1.82, 2.24) is 4.90 Å². The minimum Gasteiger partial charge on any atom is -0.508 e. The van der Waals surface area contributed by atoms with Gasteiger partial charge in [-0.15, -0.1) is 23.2 Å². The molecule has 0 spiro atoms. The smallest absolute Gasteiger partial charge is 0.335 e. The molecule has 2 saturated heterocycles. The summed E-state index contributed by atoms with van der Waals surface area (Å²) < 4.78 is 0. The normalized spacial score (nSPS) is 32.5. The lowest BCUT2D eigenvalue weighted by Crippen LogP contribution is -2.60. The lowest BCUT2D eigenvalue weighted by atomic mass is 9.56. The van der Waals surface area contributed by atoms with E-state index in [1.54, 1.807) is 6.08 Å². The van der Waals surface area contributed by atoms with Crippen LogP contribution in [0, 0.1) is 17.8 Å². The zero-order chi connectivity index (χ0) is 29.6. The second kappa shape index (κ2) is 9.55. The molecule has 2 aromatic carbocycles. The van der Waals surface area contributed by atoms with E-state index in [1.807, 2.05) is 0 Å². The first-order valence-electron chi connectivity index (χ1n) is 12.6. The van der Waals surface area contributed by atoms with Crippen LogP contribution in [-0.2, 0) is 19.2 Å². The van der Waals surface area contributed by atoms with Gasteiger partial charge in [0.2, 0.25) is 11.8 Å². The number of carbonyl (C=O) groups excluding carboxylic acids is 4. The second-order valence-electron chi connectivity index (χ2n) is 10.6. The highest BCUT2D eigenvalue weighted by Gasteiger charge is 2.76. The fourth-order valence-corrected chi connectivity index (χ4v) is 8.49. The lowest BCUT2D eigenvalue weighted by Gasteiger charge is -2.50. The summed E-state index contributed by atoms with van der Waals surface area (Å²) in [6.45, 7) is 0. The molecule has 3 fully saturated rings. The fraction of sp³-hybridized carbons (Fsp3) is 0.321. The van der Waals surface area contributed by atoms with Gasteiger partial charge < -0.3 is 10.2 Å². The molecule has 4 amide bonds. The molecule has 2 aliphatic carbocycles. The molecule has 6 atom stereocenters. The molecule has 9 nitrogen and oxygen atoms in total. The Kier molecular flexibility index (Phi) is 6.57. The second-order valence-corrected chi connectivity index (χ2v) is 12.7. The highest BCUT2D eigenvalue weighted by molar-refractivity contribution is 9.09. The molecule has 2 aromatic rings. The molecule has 0 unspecified atom stereocenters. The molecule has 2 N–H and O–H groups in total. The maximum atomic E-state index is 14.0. The van der Waals surface area contributed by atoms with E-state index in [-0.39, 0.29) is 45.9 Å². The molecule has 0 aromatic heterocycles. The first-order valence-corrected chi connectivity index (χ1v) is 14.8. The third kappa shape index (κ3) is 3.70. The van der Waals surface area contributed by atoms with Crippen molar-refractivity contribution < 1.29 is 34.2 Å². The number of likely N-dealkylation sites (tertiary alicyclic amines) is 1. The van der Waals surface area contributed by atoms with E-state index in [0.29, 0.717) is 5.57 Å². The van der Waals surface area contributed by atoms with E-state index in [1.165, 1.54) is 42.5 Å². The van der Waals surface area contributed by atoms with E-state index in [0.717, 1.165) is 9.80 Å². The van der Waals surface area contributed by atoms with Gasteiger partial charge in [0, 0.05) is 16.5 Å². The number of alkyl halides is 3. The predicted octanol–water partition coefficient (Wildman–Crippen LogP) is 4.66. The molecule has 0 radical (unpaired) electrons. The number of carbonyl (C=O) groups is 5. The minimum atomic E-state index is -2.07. The number of hydrogen-bond acceptors (Lipinski definition) is 6. The van der Waals surface area contributed by atoms with Crippen LogP contribution < -0.4 is 4.90 Å². The Morgan fingerprint density at radius 1 is 1.02 bits per heavy atom. The van der Waals surface area contributed by atoms with E-state index < -0.39 is 63.0 Å². The number of anilines is 1. The van der Waals surface area contributed by atoms with Crippen molar-refractivity contribution in [2.45, 2.75) is 28.5 Å². The topological polar surface area (TPSA) is 132 Å². The molecular weight excluding hydrogens is 663 g/mol. The number of halogens is 4. The minimum absolute atomic E-state index is 0.0949. The molecule has 6 rings (SSSR count). The standard InChI is InChI=1S/C28H20BrCl3N2O7/c29-11-33-25(40)27(31)10-18-15(21(28(27,32)26(33)41)17-9-13(30)4-7-19(17)35)5-6-16-20(18)23(37)34(22(16)36)14-3-1-2-12(8-14)24(38)39/h1-5,7-9,16,18,20-21,35H,6,10-11H2,(H,38,39)/t16-,18+,20-,21+,27+,28-/m0/s1. The summed E-state index contributed by atoms with van der Waals surface area (Å²) in [7, 11) is 0. The molecule has 212 valence electrons. The van der Waals surface area contributed by atoms with Crippen molar-refractivity contribution in [3.63, 3.8) is 0 Å². The summed E-state index contributed by atoms with van der Waals surface area (Å²) in [6.07, 6.45) is 1.62. The number of phenolic OH excluding ortho intramolecular Hbond substituents is 1. The number of carboxylic acid groups (broad SMARTS) is 1. The zero-order valence-corrected chi connectivity index (χ0v) is 24.7. The van der Waals surface area contributed by atoms with Crippen molar-refractivity contribution in [3.8, 4) is 5.75 Å². The van der Waals surface area contributed by atoms with E-state index in [9.17, 15) is 34.2 Å². The maximum Gasteiger partial charge on any atom is 0.335 e. The molecule has 13 heteroatoms. The van der Waals surface area contributed by atoms with Crippen LogP contribution in [0.2, 0.25) is 5.02 Å². The van der Waals surface area contributed by atoms with Gasteiger partial charge in [0.1, 0.15) is 5.75 Å². The van der Waals surface area contributed by atoms with Crippen LogP contribution in [0.15, 0.2) is 54.1 Å². The van der Waals surface area contributed by atoms with Crippen molar-refractivity contribution in [3.05, 3.63) is 70.3 Å². The summed E-state index contributed by atoms with van der Waals surface area (Å²) in [4.78, 5) is 64.4. The Bertz CT molecular complexity index is 1610. The number of amides is 4. The zero-order valence-electron chi connectivity index (χ0n) is 20.9. The van der Waals surface area contributed by atoms with Gasteiger partial charge in [0.15, 0.2) is 9.75 Å². The Hall–Kier alpha value is -2.92. The number of carboxylic acids is 1. The Balaban J connectivity index is 1.52. The van der Waals surface area contributed by atoms with Gasteiger partial charge in [0.05, 0.1) is 28.5 Å². The number of nitrogens with zero attached hydrogens (tertiary/aromatic N) is 2. The monoisotopic (exact) mass is 680 g/mol. The third-order valence-corrected chi connectivity index (χ3v) is 10.8. The number of rotatable bonds is 4. The van der Waals surface area contributed by atoms with Gasteiger partial charge in [0.25, 0.3) is 11.8 Å². The van der Waals surface area contributed by atoms with Crippen molar-refractivity contribution >= 4 is 86.0 Å². The fourth-order valence-electron chi connectivity index (χ4n) is 6.89. The van der Waals surface area contributed by atoms with Crippen LogP contribution >= 0.6 is 50.7 Å². The quantitative estimate of drug-likeness (QED) is 0.208. The van der Waals surface area contributed by atoms with Crippen molar-refractivity contribution in [1.29, 1.82) is 0 Å². The van der Waals surface area contributed by atoms with Gasteiger partial charge in [-0.1, -0.05) is 45.2 Å². The summed E-state index contributed by atoms with van der Waals surface area (Å²) in [5.74, 6) is -7.82. The maximum absolute atomic E-state index is 14.0. The summed E-state index contributed by atoms with van der Waals surface area (Å²) in [5.41, 5.74) is 0.494. The summed E-state index contributed by atoms with van der Waals surface area (Å²) >= 11 is 23.7. The largest absolute Gasteiger partial charge is 0.508 e. The first-order chi connectivity index (χ1) is 19.4. The Morgan fingerprint density at radius 3 is 2.44 bits per heavy atom. The van der Waals surface area contributed by atoms with Crippen LogP contribution in [0.25, 0.3) is 0 Å². The lowest BCUT2D eigenvalue weighted by molar-refractivity contribution is -0.138. The van der Waals surface area contributed by atoms with Gasteiger partial charge >= 0.3 is 5.97 Å². The SMILES string of the molecule is O=C(O)c1cccc(N2C(=O)[C@H]3[C@H](CC=C4[C@H]3C[C@@]3(Cl)C(=O)N(CBr)C(=O)[C@@]3(Cl)[C@H]4c3cc(Cl)ccc3O)C2=O)c1. The van der Waals surface area contributed by atoms with Gasteiger partial charge in [-0.05, 0) is 55.2 Å². The number of allylic oxidation sites excluding steroid dienone is 2. The molecule has 1 saturated carbocycles. The summed E-state index contributed by atoms with van der Waals surface area (Å²) in [5, 5.41) is 20.6. The number of aromatic hydroxyl groups is 1. The van der Waals surface area contributed by atoms with E-state index in [4.69, 9.17) is 34.8 Å². The average molecular weight is 683 g/mol.